The monoisotopic (exact) mass is 322 g/mol. The molecule has 0 bridgehead atoms. The molecule has 3 N–H and O–H groups in total. The normalized spacial score (nSPS) is 23.7. The van der Waals surface area contributed by atoms with Crippen LogP contribution in [0.1, 0.15) is 26.7 Å². The molecular weight excluding hydrogens is 292 g/mol. The van der Waals surface area contributed by atoms with Gasteiger partial charge in [-0.25, -0.2) is 0 Å². The fraction of sp³-hybridized carbons (Fsp3) is 0.611. The topological polar surface area (TPSA) is 70.6 Å². The number of hydrogen-bond donors (Lipinski definition) is 3. The summed E-state index contributed by atoms with van der Waals surface area (Å²) in [5.41, 5.74) is 0.626. The van der Waals surface area contributed by atoms with Crippen molar-refractivity contribution in [1.29, 1.82) is 0 Å². The van der Waals surface area contributed by atoms with Gasteiger partial charge in [0.15, 0.2) is 0 Å². The van der Waals surface area contributed by atoms with Gasteiger partial charge in [0.05, 0.1) is 24.2 Å². The van der Waals surface area contributed by atoms with Gasteiger partial charge in [-0.2, -0.15) is 0 Å². The molecule has 1 amide bonds. The highest BCUT2D eigenvalue weighted by Gasteiger charge is 2.33. The Morgan fingerprint density at radius 1 is 1.43 bits per heavy atom. The minimum atomic E-state index is -0.827. The van der Waals surface area contributed by atoms with Crippen molar-refractivity contribution in [1.82, 2.24) is 10.6 Å². The largest absolute Gasteiger partial charge is 0.386 e. The summed E-state index contributed by atoms with van der Waals surface area (Å²) in [4.78, 5) is 12.5. The van der Waals surface area contributed by atoms with Gasteiger partial charge in [-0.3, -0.25) is 4.79 Å². The van der Waals surface area contributed by atoms with Crippen LogP contribution in [0.5, 0.6) is 0 Å². The number of aliphatic hydroxyl groups is 1. The van der Waals surface area contributed by atoms with Crippen molar-refractivity contribution >= 4 is 5.91 Å². The molecule has 0 saturated carbocycles. The van der Waals surface area contributed by atoms with Crippen molar-refractivity contribution in [2.75, 3.05) is 13.7 Å². The Labute approximate surface area is 139 Å². The van der Waals surface area contributed by atoms with Gasteiger partial charge in [0.1, 0.15) is 0 Å². The van der Waals surface area contributed by atoms with E-state index in [2.05, 4.69) is 23.8 Å². The first-order valence-electron chi connectivity index (χ1n) is 8.15. The van der Waals surface area contributed by atoms with Gasteiger partial charge >= 0.3 is 0 Å². The molecule has 1 saturated heterocycles. The molecule has 0 aromatic heterocycles. The number of rotatable bonds is 9. The van der Waals surface area contributed by atoms with Crippen molar-refractivity contribution in [3.63, 3.8) is 0 Å². The predicted molar refractivity (Wildman–Crippen MR) is 93.1 cm³/mol. The van der Waals surface area contributed by atoms with Gasteiger partial charge in [-0.15, -0.1) is 0 Å². The van der Waals surface area contributed by atoms with Crippen LogP contribution in [0.15, 0.2) is 37.0 Å². The van der Waals surface area contributed by atoms with Crippen LogP contribution in [-0.2, 0) is 9.53 Å². The number of allylic oxidation sites excluding steroid dienone is 2. The molecular formula is C18H30N2O3. The summed E-state index contributed by atoms with van der Waals surface area (Å²) in [7, 11) is 1.63. The van der Waals surface area contributed by atoms with Gasteiger partial charge < -0.3 is 20.5 Å². The zero-order valence-electron chi connectivity index (χ0n) is 14.4. The average Bonchev–Trinajstić information content (AvgIpc) is 3.06. The maximum absolute atomic E-state index is 12.5. The van der Waals surface area contributed by atoms with E-state index in [1.165, 1.54) is 0 Å². The van der Waals surface area contributed by atoms with Crippen LogP contribution in [-0.4, -0.2) is 49.0 Å². The van der Waals surface area contributed by atoms with Crippen LogP contribution in [0.3, 0.4) is 0 Å². The molecule has 5 heteroatoms. The number of nitrogens with one attached hydrogen (secondary N) is 2. The number of amides is 1. The van der Waals surface area contributed by atoms with Crippen LogP contribution in [0.25, 0.3) is 0 Å². The Kier molecular flexibility index (Phi) is 8.23. The third-order valence-corrected chi connectivity index (χ3v) is 4.40. The number of methoxy groups -OCH3 is 1. The second-order valence-corrected chi connectivity index (χ2v) is 6.04. The molecule has 0 aromatic rings. The van der Waals surface area contributed by atoms with E-state index >= 15 is 0 Å². The lowest BCUT2D eigenvalue weighted by Gasteiger charge is -2.29. The summed E-state index contributed by atoms with van der Waals surface area (Å²) in [6, 6.07) is -0.228. The third kappa shape index (κ3) is 5.30. The molecule has 1 aliphatic heterocycles. The zero-order chi connectivity index (χ0) is 17.4. The molecule has 1 rings (SSSR count). The zero-order valence-corrected chi connectivity index (χ0v) is 14.4. The molecule has 5 unspecified atom stereocenters. The predicted octanol–water partition coefficient (Wildman–Crippen LogP) is 1.55. The molecule has 0 aromatic carbocycles. The quantitative estimate of drug-likeness (QED) is 0.563. The van der Waals surface area contributed by atoms with Crippen molar-refractivity contribution in [2.45, 2.75) is 51.0 Å². The Hall–Kier alpha value is -1.43. The molecule has 1 fully saturated rings. The second-order valence-electron chi connectivity index (χ2n) is 6.04. The number of carbonyl (C=O) groups is 1. The Morgan fingerprint density at radius 2 is 2.13 bits per heavy atom. The maximum Gasteiger partial charge on any atom is 0.225 e. The first kappa shape index (κ1) is 19.6. The highest BCUT2D eigenvalue weighted by atomic mass is 16.5. The number of carbonyl (C=O) groups excluding carboxylic acids is 1. The molecule has 5 nitrogen and oxygen atoms in total. The van der Waals surface area contributed by atoms with E-state index in [1.54, 1.807) is 32.3 Å². The standard InChI is InChI=1S/C18H30N2O3/c1-6-9-14(7-2)16(21)13(4)20-18(22)12(3)17(23-5)15-10-8-11-19-15/h6-7,9,12-13,15-17,19,21H,1-2,8,10-11H2,3-5H3,(H,20,22)/b14-9+. The lowest BCUT2D eigenvalue weighted by Crippen LogP contribution is -2.50. The molecule has 1 heterocycles. The molecule has 23 heavy (non-hydrogen) atoms. The van der Waals surface area contributed by atoms with E-state index in [4.69, 9.17) is 4.74 Å². The summed E-state index contributed by atoms with van der Waals surface area (Å²) in [5.74, 6) is -0.431. The van der Waals surface area contributed by atoms with E-state index in [1.807, 2.05) is 6.92 Å². The van der Waals surface area contributed by atoms with Crippen LogP contribution in [0.4, 0.5) is 0 Å². The minimum Gasteiger partial charge on any atom is -0.386 e. The maximum atomic E-state index is 12.5. The molecule has 0 aliphatic carbocycles. The molecule has 130 valence electrons. The van der Waals surface area contributed by atoms with Gasteiger partial charge in [0, 0.05) is 13.2 Å². The van der Waals surface area contributed by atoms with Crippen LogP contribution < -0.4 is 10.6 Å². The fourth-order valence-corrected chi connectivity index (χ4v) is 3.00. The highest BCUT2D eigenvalue weighted by molar-refractivity contribution is 5.79. The summed E-state index contributed by atoms with van der Waals surface area (Å²) in [5, 5.41) is 16.5. The van der Waals surface area contributed by atoms with Crippen LogP contribution in [0, 0.1) is 5.92 Å². The Bertz CT molecular complexity index is 442. The van der Waals surface area contributed by atoms with Crippen molar-refractivity contribution in [2.24, 2.45) is 5.92 Å². The second kappa shape index (κ2) is 9.65. The Morgan fingerprint density at radius 3 is 2.61 bits per heavy atom. The van der Waals surface area contributed by atoms with E-state index in [0.29, 0.717) is 5.57 Å². The first-order valence-corrected chi connectivity index (χ1v) is 8.15. The van der Waals surface area contributed by atoms with Crippen LogP contribution in [0.2, 0.25) is 0 Å². The summed E-state index contributed by atoms with van der Waals surface area (Å²) in [6.07, 6.45) is 5.95. The smallest absolute Gasteiger partial charge is 0.225 e. The third-order valence-electron chi connectivity index (χ3n) is 4.40. The average molecular weight is 322 g/mol. The van der Waals surface area contributed by atoms with Crippen molar-refractivity contribution < 1.29 is 14.6 Å². The van der Waals surface area contributed by atoms with Crippen molar-refractivity contribution in [3.8, 4) is 0 Å². The number of hydrogen-bond acceptors (Lipinski definition) is 4. The van der Waals surface area contributed by atoms with Gasteiger partial charge in [-0.1, -0.05) is 38.3 Å². The molecule has 0 spiro atoms. The first-order chi connectivity index (χ1) is 11.0. The fourth-order valence-electron chi connectivity index (χ4n) is 3.00. The highest BCUT2D eigenvalue weighted by Crippen LogP contribution is 2.19. The minimum absolute atomic E-state index is 0.126. The Balaban J connectivity index is 2.67. The lowest BCUT2D eigenvalue weighted by atomic mass is 9.94. The molecule has 1 aliphatic rings. The van der Waals surface area contributed by atoms with Crippen molar-refractivity contribution in [3.05, 3.63) is 37.0 Å². The molecule has 0 radical (unpaired) electrons. The van der Waals surface area contributed by atoms with E-state index in [9.17, 15) is 9.90 Å². The van der Waals surface area contributed by atoms with Gasteiger partial charge in [0.25, 0.3) is 0 Å². The summed E-state index contributed by atoms with van der Waals surface area (Å²) >= 11 is 0. The number of ether oxygens (including phenoxy) is 1. The van der Waals surface area contributed by atoms with E-state index in [0.717, 1.165) is 19.4 Å². The van der Waals surface area contributed by atoms with Gasteiger partial charge in [-0.05, 0) is 31.9 Å². The van der Waals surface area contributed by atoms with E-state index in [-0.39, 0.29) is 24.0 Å². The molecule has 5 atom stereocenters. The van der Waals surface area contributed by atoms with Crippen LogP contribution >= 0.6 is 0 Å². The summed E-state index contributed by atoms with van der Waals surface area (Å²) < 4.78 is 5.54. The van der Waals surface area contributed by atoms with Gasteiger partial charge in [0.2, 0.25) is 5.91 Å². The number of aliphatic hydroxyl groups excluding tert-OH is 1. The van der Waals surface area contributed by atoms with E-state index < -0.39 is 12.1 Å². The summed E-state index contributed by atoms with van der Waals surface area (Å²) in [6.45, 7) is 11.9. The SMILES string of the molecule is C=C/C=C(\C=C)C(O)C(C)NC(=O)C(C)C(OC)C1CCCN1. The lowest BCUT2D eigenvalue weighted by molar-refractivity contribution is -0.130.